The quantitative estimate of drug-likeness (QED) is 0.824. The maximum atomic E-state index is 6.10. The molecule has 2 heterocycles. The second kappa shape index (κ2) is 4.40. The van der Waals surface area contributed by atoms with Crippen LogP contribution in [0, 0.1) is 6.92 Å². The summed E-state index contributed by atoms with van der Waals surface area (Å²) in [4.78, 5) is 4.30. The summed E-state index contributed by atoms with van der Waals surface area (Å²) in [5.74, 6) is 0. The molecule has 1 atom stereocenters. The summed E-state index contributed by atoms with van der Waals surface area (Å²) in [5, 5.41) is 7.89. The van der Waals surface area contributed by atoms with Crippen molar-refractivity contribution in [3.05, 3.63) is 41.5 Å². The topological polar surface area (TPSA) is 69.6 Å². The van der Waals surface area contributed by atoms with E-state index in [9.17, 15) is 0 Å². The molecule has 0 fully saturated rings. The summed E-state index contributed by atoms with van der Waals surface area (Å²) in [6, 6.07) is 3.80. The highest BCUT2D eigenvalue weighted by Gasteiger charge is 2.12. The summed E-state index contributed by atoms with van der Waals surface area (Å²) in [6.07, 6.45) is 4.29. The molecule has 2 rings (SSSR count). The van der Waals surface area contributed by atoms with E-state index in [1.54, 1.807) is 10.9 Å². The Morgan fingerprint density at radius 2 is 2.31 bits per heavy atom. The molecule has 0 aromatic carbocycles. The molecular weight excluding hydrogens is 202 g/mol. The fourth-order valence-electron chi connectivity index (χ4n) is 1.70. The number of aromatic nitrogens is 4. The Labute approximate surface area is 94.3 Å². The molecule has 2 N–H and O–H groups in total. The van der Waals surface area contributed by atoms with Gasteiger partial charge in [-0.05, 0) is 18.6 Å². The summed E-state index contributed by atoms with van der Waals surface area (Å²) >= 11 is 0. The van der Waals surface area contributed by atoms with Gasteiger partial charge < -0.3 is 5.73 Å². The second-order valence-electron chi connectivity index (χ2n) is 3.90. The van der Waals surface area contributed by atoms with E-state index in [2.05, 4.69) is 15.3 Å². The van der Waals surface area contributed by atoms with Crippen LogP contribution in [0.15, 0.2) is 24.5 Å². The van der Waals surface area contributed by atoms with Gasteiger partial charge in [0.1, 0.15) is 0 Å². The third-order valence-corrected chi connectivity index (χ3v) is 2.48. The lowest BCUT2D eigenvalue weighted by Gasteiger charge is -2.11. The van der Waals surface area contributed by atoms with Gasteiger partial charge in [0.25, 0.3) is 0 Å². The van der Waals surface area contributed by atoms with Gasteiger partial charge in [0, 0.05) is 25.9 Å². The van der Waals surface area contributed by atoms with Crippen LogP contribution in [0.25, 0.3) is 0 Å². The molecule has 0 aliphatic heterocycles. The Morgan fingerprint density at radius 3 is 2.94 bits per heavy atom. The van der Waals surface area contributed by atoms with Crippen molar-refractivity contribution in [2.75, 3.05) is 0 Å². The van der Waals surface area contributed by atoms with Crippen molar-refractivity contribution in [1.29, 1.82) is 0 Å². The average Bonchev–Trinajstić information content (AvgIpc) is 2.64. The minimum absolute atomic E-state index is 0.127. The lowest BCUT2D eigenvalue weighted by atomic mass is 10.0. The minimum Gasteiger partial charge on any atom is -0.322 e. The number of pyridine rings is 1. The van der Waals surface area contributed by atoms with Crippen LogP contribution in [0.3, 0.4) is 0 Å². The van der Waals surface area contributed by atoms with Crippen molar-refractivity contribution in [2.45, 2.75) is 19.4 Å². The molecule has 0 saturated carbocycles. The first-order valence-corrected chi connectivity index (χ1v) is 5.19. The van der Waals surface area contributed by atoms with Gasteiger partial charge in [0.05, 0.1) is 17.4 Å². The van der Waals surface area contributed by atoms with Crippen molar-refractivity contribution >= 4 is 0 Å². The summed E-state index contributed by atoms with van der Waals surface area (Å²) in [7, 11) is 1.84. The van der Waals surface area contributed by atoms with Crippen LogP contribution in [0.4, 0.5) is 0 Å². The molecule has 0 radical (unpaired) electrons. The Morgan fingerprint density at radius 1 is 1.50 bits per heavy atom. The molecule has 5 nitrogen and oxygen atoms in total. The predicted molar refractivity (Wildman–Crippen MR) is 60.6 cm³/mol. The van der Waals surface area contributed by atoms with E-state index in [4.69, 9.17) is 5.73 Å². The van der Waals surface area contributed by atoms with Crippen molar-refractivity contribution in [3.63, 3.8) is 0 Å². The van der Waals surface area contributed by atoms with Crippen molar-refractivity contribution < 1.29 is 0 Å². The second-order valence-corrected chi connectivity index (χ2v) is 3.90. The smallest absolute Gasteiger partial charge is 0.0846 e. The molecule has 0 amide bonds. The monoisotopic (exact) mass is 217 g/mol. The maximum Gasteiger partial charge on any atom is 0.0846 e. The molecule has 0 saturated heterocycles. The van der Waals surface area contributed by atoms with Gasteiger partial charge in [-0.1, -0.05) is 11.3 Å². The molecule has 0 bridgehead atoms. The fourth-order valence-corrected chi connectivity index (χ4v) is 1.70. The van der Waals surface area contributed by atoms with E-state index >= 15 is 0 Å². The molecule has 0 aliphatic rings. The van der Waals surface area contributed by atoms with Gasteiger partial charge in [0.2, 0.25) is 0 Å². The zero-order chi connectivity index (χ0) is 11.5. The molecular formula is C11H15N5. The number of hydrogen-bond acceptors (Lipinski definition) is 4. The summed E-state index contributed by atoms with van der Waals surface area (Å²) < 4.78 is 1.67. The minimum atomic E-state index is -0.127. The highest BCUT2D eigenvalue weighted by Crippen LogP contribution is 2.15. The van der Waals surface area contributed by atoms with E-state index < -0.39 is 0 Å². The van der Waals surface area contributed by atoms with E-state index in [0.717, 1.165) is 17.0 Å². The van der Waals surface area contributed by atoms with E-state index in [1.807, 2.05) is 32.3 Å². The van der Waals surface area contributed by atoms with Crippen LogP contribution in [-0.2, 0) is 13.5 Å². The molecule has 0 aliphatic carbocycles. The predicted octanol–water partition coefficient (Wildman–Crippen LogP) is 0.761. The maximum absolute atomic E-state index is 6.10. The van der Waals surface area contributed by atoms with Gasteiger partial charge >= 0.3 is 0 Å². The summed E-state index contributed by atoms with van der Waals surface area (Å²) in [5.41, 5.74) is 9.02. The first kappa shape index (κ1) is 10.8. The zero-order valence-corrected chi connectivity index (χ0v) is 9.46. The zero-order valence-electron chi connectivity index (χ0n) is 9.46. The normalized spacial score (nSPS) is 12.7. The van der Waals surface area contributed by atoms with Crippen molar-refractivity contribution in [2.24, 2.45) is 12.8 Å². The van der Waals surface area contributed by atoms with Crippen LogP contribution in [0.1, 0.15) is 23.0 Å². The van der Waals surface area contributed by atoms with Gasteiger partial charge in [-0.2, -0.15) is 0 Å². The fraction of sp³-hybridized carbons (Fsp3) is 0.364. The van der Waals surface area contributed by atoms with E-state index in [-0.39, 0.29) is 6.04 Å². The van der Waals surface area contributed by atoms with Crippen LogP contribution in [0.2, 0.25) is 0 Å². The van der Waals surface area contributed by atoms with Crippen molar-refractivity contribution in [1.82, 2.24) is 20.0 Å². The number of rotatable bonds is 3. The lowest BCUT2D eigenvalue weighted by Crippen LogP contribution is -2.16. The highest BCUT2D eigenvalue weighted by molar-refractivity contribution is 5.21. The Kier molecular flexibility index (Phi) is 2.96. The molecule has 84 valence electrons. The number of nitrogens with two attached hydrogens (primary N) is 1. The van der Waals surface area contributed by atoms with Crippen molar-refractivity contribution in [3.8, 4) is 0 Å². The number of hydrogen-bond donors (Lipinski definition) is 1. The van der Waals surface area contributed by atoms with Crippen LogP contribution >= 0.6 is 0 Å². The largest absolute Gasteiger partial charge is 0.322 e. The Balaban J connectivity index is 2.14. The SMILES string of the molecule is Cc1cccnc1C(N)Cc1cn(C)nn1. The first-order chi connectivity index (χ1) is 7.66. The number of aryl methyl sites for hydroxylation is 2. The first-order valence-electron chi connectivity index (χ1n) is 5.19. The van der Waals surface area contributed by atoms with Gasteiger partial charge in [-0.15, -0.1) is 5.10 Å². The Bertz CT molecular complexity index is 477. The molecule has 0 spiro atoms. The molecule has 5 heteroatoms. The number of nitrogens with zero attached hydrogens (tertiary/aromatic N) is 4. The van der Waals surface area contributed by atoms with E-state index in [0.29, 0.717) is 6.42 Å². The molecule has 2 aromatic rings. The molecule has 16 heavy (non-hydrogen) atoms. The van der Waals surface area contributed by atoms with E-state index in [1.165, 1.54) is 0 Å². The Hall–Kier alpha value is -1.75. The third-order valence-electron chi connectivity index (χ3n) is 2.48. The standard InChI is InChI=1S/C11H15N5/c1-8-4-3-5-13-11(8)10(12)6-9-7-16(2)15-14-9/h3-5,7,10H,6,12H2,1-2H3. The van der Waals surface area contributed by atoms with Gasteiger partial charge in [-0.3, -0.25) is 9.67 Å². The highest BCUT2D eigenvalue weighted by atomic mass is 15.4. The molecule has 2 aromatic heterocycles. The lowest BCUT2D eigenvalue weighted by molar-refractivity contribution is 0.672. The van der Waals surface area contributed by atoms with Crippen LogP contribution < -0.4 is 5.73 Å². The van der Waals surface area contributed by atoms with Gasteiger partial charge in [-0.25, -0.2) is 0 Å². The molecule has 1 unspecified atom stereocenters. The van der Waals surface area contributed by atoms with Crippen LogP contribution in [-0.4, -0.2) is 20.0 Å². The van der Waals surface area contributed by atoms with Gasteiger partial charge in [0.15, 0.2) is 0 Å². The summed E-state index contributed by atoms with van der Waals surface area (Å²) in [6.45, 7) is 2.01. The third kappa shape index (κ3) is 2.25. The van der Waals surface area contributed by atoms with Crippen LogP contribution in [0.5, 0.6) is 0 Å². The average molecular weight is 217 g/mol.